The zero-order chi connectivity index (χ0) is 84.4. The van der Waals surface area contributed by atoms with E-state index < -0.39 is 61.4 Å². The van der Waals surface area contributed by atoms with Crippen LogP contribution in [0.25, 0.3) is 0 Å². The molecule has 0 fully saturated rings. The van der Waals surface area contributed by atoms with Gasteiger partial charge in [0, 0.05) is 63.1 Å². The molecule has 28 heteroatoms. The smallest absolute Gasteiger partial charge is 0.855 e. The third-order valence-electron chi connectivity index (χ3n) is 13.6. The summed E-state index contributed by atoms with van der Waals surface area (Å²) < 4.78 is 100. The van der Waals surface area contributed by atoms with E-state index in [1.165, 1.54) is 40.5 Å². The summed E-state index contributed by atoms with van der Waals surface area (Å²) >= 11 is 22.8. The van der Waals surface area contributed by atoms with Gasteiger partial charge in [-0.25, -0.2) is 33.7 Å². The van der Waals surface area contributed by atoms with Gasteiger partial charge in [-0.2, -0.15) is 71.9 Å². The van der Waals surface area contributed by atoms with Gasteiger partial charge in [0.05, 0.1) is 107 Å². The summed E-state index contributed by atoms with van der Waals surface area (Å²) in [4.78, 5) is 0. The number of hydrogen-bond acceptors (Lipinski definition) is 20. The van der Waals surface area contributed by atoms with Crippen molar-refractivity contribution in [3.8, 4) is 42.5 Å². The van der Waals surface area contributed by atoms with Crippen LogP contribution in [0.4, 0.5) is 0 Å². The molecule has 0 saturated heterocycles. The average Bonchev–Trinajstić information content (AvgIpc) is 0.828. The number of alkyl halides is 3. The second kappa shape index (κ2) is 76.7. The maximum absolute atomic E-state index is 12.6. The molecule has 0 amide bonds. The summed E-state index contributed by atoms with van der Waals surface area (Å²) in [5.74, 6) is 2.35. The molecule has 1 unspecified atom stereocenters. The maximum Gasteiger partial charge on any atom is 1.00 e. The molecule has 0 aliphatic heterocycles. The van der Waals surface area contributed by atoms with Gasteiger partial charge in [-0.05, 0) is 33.4 Å². The quantitative estimate of drug-likeness (QED) is 0.0133. The monoisotopic (exact) mass is 1900 g/mol. The van der Waals surface area contributed by atoms with Crippen LogP contribution in [0.1, 0.15) is 84.5 Å². The summed E-state index contributed by atoms with van der Waals surface area (Å²) in [7, 11) is -14.9. The molecule has 0 saturated carbocycles. The fourth-order valence-corrected chi connectivity index (χ4v) is 20.1. The number of halogens is 3. The second-order valence-electron chi connectivity index (χ2n) is 22.7. The molecule has 606 valence electrons. The SMILES string of the molecule is C.C=CCC#N.CC[O-].N#C/C=C/CBr.N#C/C=C/CBr.N#C/C=C\CBr.N#CCC(CSCc1ccccc1)SCc1ccccc1.N#CC[C@@H](CS(=O)(=O)Cc1ccccc1)S(=O)(=O)Cc1ccccc1.N#CC[C@H](CS(=O)(=O)Cc1ccccc1)S(=O)(=O)Cc1ccccc1.[Na+].[S-]Cc1ccccc1.[S-]Cc1ccccc1. The standard InChI is InChI=1S/2C18H19NO4S2.C18H19NS2.2C7H8S.3C4H4BrN.C4H5N.C2H5O.CH4.Na/c2*19-12-11-18(25(22,23)14-17-9-5-2-6-10-17)15-24(20,21)13-16-7-3-1-4-8-16;19-12-11-18(21-14-17-9-5-2-6-10-17)15-20-13-16-7-3-1-4-8-16;2*8-6-7-4-2-1-3-5-7;3*5-3-1-2-4-6;1-2-3-4-5;1-2-3;;/h2*1-10,18H,11,13-15H2;1-10,18H,11,13-15H2;2*1-5,8H,6H2;3*1-2H,3H2;2H,1,3H2;2H2,1H3;1H4;/q;;;;;;;;;-1;;+1/p-2/b;;;;;2*2-1+;2-1-;;;;/t2*18-;;;;;;;;;;/m10........../s1. The Hall–Kier alpha value is -7.25. The van der Waals surface area contributed by atoms with E-state index >= 15 is 0 Å². The van der Waals surface area contributed by atoms with Gasteiger partial charge in [-0.15, -0.1) is 13.2 Å². The Labute approximate surface area is 753 Å². The molecule has 8 aromatic rings. The van der Waals surface area contributed by atoms with E-state index in [0.29, 0.717) is 40.3 Å². The first-order valence-corrected chi connectivity index (χ1v) is 48.3. The summed E-state index contributed by atoms with van der Waals surface area (Å²) in [6, 6.07) is 88.8. The van der Waals surface area contributed by atoms with Crippen LogP contribution in [0.5, 0.6) is 0 Å². The first-order chi connectivity index (χ1) is 54.5. The van der Waals surface area contributed by atoms with E-state index in [1.54, 1.807) is 165 Å². The topological polar surface area (TPSA) is 326 Å². The second-order valence-corrected chi connectivity index (χ2v) is 36.3. The Balaban J connectivity index is -0.000000640. The number of allylic oxidation sites excluding steroid dienone is 7. The molecule has 3 atom stereocenters. The zero-order valence-corrected chi connectivity index (χ0v) is 77.0. The van der Waals surface area contributed by atoms with Gasteiger partial charge < -0.3 is 30.4 Å². The van der Waals surface area contributed by atoms with Gasteiger partial charge in [0.1, 0.15) is 0 Å². The fraction of sp³-hybridized carbons (Fsp3) is 0.276. The van der Waals surface area contributed by atoms with Gasteiger partial charge in [-0.3, -0.25) is 0 Å². The van der Waals surface area contributed by atoms with Gasteiger partial charge in [0.2, 0.25) is 0 Å². The maximum atomic E-state index is 12.6. The van der Waals surface area contributed by atoms with Gasteiger partial charge in [-0.1, -0.05) is 340 Å². The van der Waals surface area contributed by atoms with Crippen LogP contribution in [0.3, 0.4) is 0 Å². The molecule has 115 heavy (non-hydrogen) atoms. The van der Waals surface area contributed by atoms with E-state index in [1.807, 2.05) is 121 Å². The van der Waals surface area contributed by atoms with Crippen molar-refractivity contribution >= 4 is 136 Å². The van der Waals surface area contributed by atoms with Gasteiger partial charge in [0.25, 0.3) is 0 Å². The first-order valence-electron chi connectivity index (χ1n) is 34.5. The van der Waals surface area contributed by atoms with Crippen molar-refractivity contribution in [3.05, 3.63) is 336 Å². The van der Waals surface area contributed by atoms with Crippen LogP contribution in [-0.4, -0.2) is 89.3 Å². The van der Waals surface area contributed by atoms with E-state index in [9.17, 15) is 33.7 Å². The third kappa shape index (κ3) is 65.5. The van der Waals surface area contributed by atoms with Crippen LogP contribution in [0.15, 0.2) is 292 Å². The average molecular weight is 1900 g/mol. The van der Waals surface area contributed by atoms with Gasteiger partial charge in [0.15, 0.2) is 39.3 Å². The molecule has 0 heterocycles. The number of sulfone groups is 4. The number of rotatable bonds is 30. The van der Waals surface area contributed by atoms with Crippen LogP contribution in [0.2, 0.25) is 0 Å². The molecule has 8 rings (SSSR count). The molecule has 0 spiro atoms. The Morgan fingerprint density at radius 2 is 0.661 bits per heavy atom. The molecule has 16 nitrogen and oxygen atoms in total. The molecule has 0 bridgehead atoms. The molecule has 0 aliphatic carbocycles. The van der Waals surface area contributed by atoms with E-state index in [4.69, 9.17) is 67.2 Å². The van der Waals surface area contributed by atoms with Crippen molar-refractivity contribution in [2.75, 3.05) is 39.9 Å². The van der Waals surface area contributed by atoms with Crippen molar-refractivity contribution in [1.82, 2.24) is 0 Å². The van der Waals surface area contributed by atoms with Crippen molar-refractivity contribution in [1.29, 1.82) is 36.8 Å². The predicted molar refractivity (Wildman–Crippen MR) is 487 cm³/mol. The van der Waals surface area contributed by atoms with E-state index in [-0.39, 0.29) is 79.4 Å². The molecule has 0 aromatic heterocycles. The first kappa shape index (κ1) is 114. The zero-order valence-electron chi connectivity index (χ0n) is 63.7. The Kier molecular flexibility index (Phi) is 76.1. The number of benzene rings is 8. The van der Waals surface area contributed by atoms with E-state index in [0.717, 1.165) is 44.8 Å². The summed E-state index contributed by atoms with van der Waals surface area (Å²) in [5, 5.41) is 67.3. The molecule has 0 aliphatic rings. The number of thioether (sulfide) groups is 2. The number of nitriles is 7. The Bertz CT molecular complexity index is 4420. The summed E-state index contributed by atoms with van der Waals surface area (Å²) in [5.41, 5.74) is 7.48. The normalized spacial score (nSPS) is 10.9. The fourth-order valence-electron chi connectivity index (χ4n) is 8.42. The Morgan fingerprint density at radius 3 is 0.870 bits per heavy atom. The number of hydrogen-bond donors (Lipinski definition) is 0. The molecular formula is C87H97Br3N7NaO9S8-2. The summed E-state index contributed by atoms with van der Waals surface area (Å²) in [6.45, 7) is 4.90. The van der Waals surface area contributed by atoms with Crippen molar-refractivity contribution < 1.29 is 68.3 Å². The molecule has 0 radical (unpaired) electrons. The Morgan fingerprint density at radius 1 is 0.409 bits per heavy atom. The predicted octanol–water partition coefficient (Wildman–Crippen LogP) is 16.1. The van der Waals surface area contributed by atoms with Crippen LogP contribution in [0, 0.1) is 79.3 Å². The van der Waals surface area contributed by atoms with Crippen molar-refractivity contribution in [2.24, 2.45) is 0 Å². The summed E-state index contributed by atoms with van der Waals surface area (Å²) in [6.07, 6.45) is 11.5. The van der Waals surface area contributed by atoms with Crippen LogP contribution < -0.4 is 34.7 Å². The largest absolute Gasteiger partial charge is 1.00 e. The van der Waals surface area contributed by atoms with Gasteiger partial charge >= 0.3 is 29.6 Å². The molecular weight excluding hydrogens is 1810 g/mol. The number of nitrogens with zero attached hydrogens (tertiary/aromatic N) is 7. The third-order valence-corrected chi connectivity index (χ3v) is 26.0. The van der Waals surface area contributed by atoms with Crippen molar-refractivity contribution in [2.45, 2.75) is 102 Å². The van der Waals surface area contributed by atoms with Crippen molar-refractivity contribution in [3.63, 3.8) is 0 Å². The van der Waals surface area contributed by atoms with E-state index in [2.05, 4.69) is 109 Å². The minimum Gasteiger partial charge on any atom is -0.855 e. The minimum absolute atomic E-state index is 0. The minimum atomic E-state index is -3.76. The molecule has 8 aromatic carbocycles. The van der Waals surface area contributed by atoms with Crippen LogP contribution >= 0.6 is 71.3 Å². The van der Waals surface area contributed by atoms with Crippen LogP contribution in [-0.2, 0) is 111 Å². The molecule has 0 N–H and O–H groups in total.